The van der Waals surface area contributed by atoms with E-state index in [1.807, 2.05) is 10.6 Å². The average Bonchev–Trinajstić information content (AvgIpc) is 2.95. The summed E-state index contributed by atoms with van der Waals surface area (Å²) < 4.78 is 131. The molecule has 0 unspecified atom stereocenters. The summed E-state index contributed by atoms with van der Waals surface area (Å²) in [4.78, 5) is 22.7. The van der Waals surface area contributed by atoms with Crippen LogP contribution in [0.1, 0.15) is 0 Å². The molecule has 2 aliphatic rings. The van der Waals surface area contributed by atoms with Gasteiger partial charge in [-0.05, 0) is 24.3 Å². The molecule has 15 heteroatoms. The van der Waals surface area contributed by atoms with Gasteiger partial charge >= 0.3 is 0 Å². The van der Waals surface area contributed by atoms with E-state index >= 15 is 0 Å². The Morgan fingerprint density at radius 2 is 0.659 bits per heavy atom. The SMILES string of the molecule is O=C1C=CC=C/C1=C/Nc1c(F)c(F)c(F)c(F)c1F.O=C1C=CC=C/C1=C/Nc1c(F)c(F)c(F)c(F)c1F.[Ni]. The van der Waals surface area contributed by atoms with E-state index in [1.165, 1.54) is 48.6 Å². The molecule has 0 bridgehead atoms. The summed E-state index contributed by atoms with van der Waals surface area (Å²) in [5, 5.41) is 3.85. The Hall–Kier alpha value is -4.39. The van der Waals surface area contributed by atoms with E-state index in [-0.39, 0.29) is 27.6 Å². The molecule has 4 nitrogen and oxygen atoms in total. The topological polar surface area (TPSA) is 58.2 Å². The normalized spacial score (nSPS) is 15.7. The van der Waals surface area contributed by atoms with E-state index in [1.54, 1.807) is 0 Å². The van der Waals surface area contributed by atoms with E-state index in [9.17, 15) is 53.5 Å². The van der Waals surface area contributed by atoms with Gasteiger partial charge in [-0.15, -0.1) is 0 Å². The van der Waals surface area contributed by atoms with Crippen LogP contribution in [0.5, 0.6) is 0 Å². The maximum absolute atomic E-state index is 13.3. The van der Waals surface area contributed by atoms with E-state index in [0.29, 0.717) is 0 Å². The first-order chi connectivity index (χ1) is 18.9. The Balaban J connectivity index is 0.000000280. The van der Waals surface area contributed by atoms with Crippen LogP contribution in [0.2, 0.25) is 0 Å². The zero-order valence-corrected chi connectivity index (χ0v) is 20.7. The summed E-state index contributed by atoms with van der Waals surface area (Å²) in [6, 6.07) is 0. The van der Waals surface area contributed by atoms with Gasteiger partial charge in [0, 0.05) is 40.0 Å². The first kappa shape index (κ1) is 32.8. The number of hydrogen-bond acceptors (Lipinski definition) is 4. The molecule has 0 saturated carbocycles. The number of hydrogen-bond donors (Lipinski definition) is 2. The molecule has 2 aliphatic carbocycles. The van der Waals surface area contributed by atoms with Crippen molar-refractivity contribution < 1.29 is 70.0 Å². The number of allylic oxidation sites excluding steroid dienone is 10. The first-order valence-corrected chi connectivity index (χ1v) is 10.6. The van der Waals surface area contributed by atoms with Crippen molar-refractivity contribution in [3.8, 4) is 0 Å². The molecule has 0 amide bonds. The van der Waals surface area contributed by atoms with Gasteiger partial charge in [-0.1, -0.05) is 24.3 Å². The van der Waals surface area contributed by atoms with Crippen LogP contribution < -0.4 is 10.6 Å². The predicted molar refractivity (Wildman–Crippen MR) is 122 cm³/mol. The van der Waals surface area contributed by atoms with Gasteiger partial charge in [0.25, 0.3) is 0 Å². The fourth-order valence-electron chi connectivity index (χ4n) is 2.96. The molecule has 218 valence electrons. The van der Waals surface area contributed by atoms with Crippen molar-refractivity contribution in [2.45, 2.75) is 0 Å². The average molecular weight is 633 g/mol. The maximum Gasteiger partial charge on any atom is 0.200 e. The standard InChI is InChI=1S/2C13H6F5NO.Ni/c2*14-8-9(15)11(17)13(12(18)10(8)16)19-5-6-3-1-2-4-7(6)20;/h2*1-5,19H;/b2*6-5-;. The molecule has 2 aromatic carbocycles. The van der Waals surface area contributed by atoms with Crippen LogP contribution in [-0.4, -0.2) is 11.6 Å². The molecule has 0 fully saturated rings. The molecule has 0 saturated heterocycles. The van der Waals surface area contributed by atoms with Crippen molar-refractivity contribution >= 4 is 22.9 Å². The number of halogens is 10. The zero-order valence-electron chi connectivity index (χ0n) is 19.7. The second-order valence-electron chi connectivity index (χ2n) is 7.54. The van der Waals surface area contributed by atoms with E-state index in [0.717, 1.165) is 12.4 Å². The fourth-order valence-corrected chi connectivity index (χ4v) is 2.96. The Kier molecular flexibility index (Phi) is 11.0. The van der Waals surface area contributed by atoms with Gasteiger partial charge < -0.3 is 10.6 Å². The molecule has 0 atom stereocenters. The summed E-state index contributed by atoms with van der Waals surface area (Å²) in [6.07, 6.45) is 12.6. The quantitative estimate of drug-likeness (QED) is 0.129. The van der Waals surface area contributed by atoms with Crippen LogP contribution >= 0.6 is 0 Å². The number of nitrogens with one attached hydrogen (secondary N) is 2. The fraction of sp³-hybridized carbons (Fsp3) is 0. The van der Waals surface area contributed by atoms with E-state index in [4.69, 9.17) is 0 Å². The zero-order chi connectivity index (χ0) is 29.7. The van der Waals surface area contributed by atoms with Crippen LogP contribution in [0.3, 0.4) is 0 Å². The number of carbonyl (C=O) groups is 2. The summed E-state index contributed by atoms with van der Waals surface area (Å²) in [6.45, 7) is 0. The molecule has 41 heavy (non-hydrogen) atoms. The second kappa shape index (κ2) is 13.8. The van der Waals surface area contributed by atoms with Gasteiger partial charge in [0.15, 0.2) is 58.1 Å². The van der Waals surface area contributed by atoms with Crippen molar-refractivity contribution in [1.82, 2.24) is 0 Å². The number of rotatable bonds is 4. The Morgan fingerprint density at radius 1 is 0.415 bits per heavy atom. The van der Waals surface area contributed by atoms with Gasteiger partial charge in [0.05, 0.1) is 0 Å². The van der Waals surface area contributed by atoms with Crippen molar-refractivity contribution in [3.05, 3.63) is 130 Å². The first-order valence-electron chi connectivity index (χ1n) is 10.6. The van der Waals surface area contributed by atoms with Gasteiger partial charge in [-0.2, -0.15) is 0 Å². The Labute approximate surface area is 234 Å². The van der Waals surface area contributed by atoms with Crippen LogP contribution in [0.15, 0.2) is 72.2 Å². The summed E-state index contributed by atoms with van der Waals surface area (Å²) in [5.41, 5.74) is -2.41. The third-order valence-electron chi connectivity index (χ3n) is 5.00. The third-order valence-corrected chi connectivity index (χ3v) is 5.00. The van der Waals surface area contributed by atoms with E-state index in [2.05, 4.69) is 0 Å². The minimum Gasteiger partial charge on any atom is -0.356 e. The summed E-state index contributed by atoms with van der Waals surface area (Å²) in [5.74, 6) is -21.7. The smallest absolute Gasteiger partial charge is 0.200 e. The molecular formula is C26H12F10N2NiO2. The van der Waals surface area contributed by atoms with Gasteiger partial charge in [-0.3, -0.25) is 9.59 Å². The molecule has 2 aromatic rings. The third kappa shape index (κ3) is 7.04. The van der Waals surface area contributed by atoms with Gasteiger partial charge in [0.2, 0.25) is 11.6 Å². The van der Waals surface area contributed by atoms with Crippen LogP contribution in [0.25, 0.3) is 0 Å². The Bertz CT molecular complexity index is 1420. The molecule has 0 aromatic heterocycles. The van der Waals surface area contributed by atoms with Crippen molar-refractivity contribution in [1.29, 1.82) is 0 Å². The van der Waals surface area contributed by atoms with Crippen molar-refractivity contribution in [3.63, 3.8) is 0 Å². The number of ketones is 2. The molecule has 0 aliphatic heterocycles. The van der Waals surface area contributed by atoms with E-state index < -0.39 is 81.1 Å². The molecular weight excluding hydrogens is 621 g/mol. The van der Waals surface area contributed by atoms with Crippen molar-refractivity contribution in [2.24, 2.45) is 0 Å². The second-order valence-corrected chi connectivity index (χ2v) is 7.54. The molecule has 0 spiro atoms. The van der Waals surface area contributed by atoms with Gasteiger partial charge in [-0.25, -0.2) is 43.9 Å². The molecule has 2 N–H and O–H groups in total. The molecule has 0 radical (unpaired) electrons. The Morgan fingerprint density at radius 3 is 0.927 bits per heavy atom. The monoisotopic (exact) mass is 632 g/mol. The number of carbonyl (C=O) groups excluding carboxylic acids is 2. The number of anilines is 2. The van der Waals surface area contributed by atoms with Crippen LogP contribution in [0, 0.1) is 58.2 Å². The van der Waals surface area contributed by atoms with Gasteiger partial charge in [0.1, 0.15) is 11.4 Å². The molecule has 0 heterocycles. The minimum atomic E-state index is -2.24. The summed E-state index contributed by atoms with van der Waals surface area (Å²) >= 11 is 0. The summed E-state index contributed by atoms with van der Waals surface area (Å²) in [7, 11) is 0. The maximum atomic E-state index is 13.3. The van der Waals surface area contributed by atoms with Crippen LogP contribution in [-0.2, 0) is 26.1 Å². The minimum absolute atomic E-state index is 0. The van der Waals surface area contributed by atoms with Crippen LogP contribution in [0.4, 0.5) is 55.3 Å². The van der Waals surface area contributed by atoms with Crippen molar-refractivity contribution in [2.75, 3.05) is 10.6 Å². The molecule has 4 rings (SSSR count). The predicted octanol–water partition coefficient (Wildman–Crippen LogP) is 6.74. The number of benzene rings is 2. The largest absolute Gasteiger partial charge is 0.356 e.